The molecule has 2 atom stereocenters. The van der Waals surface area contributed by atoms with E-state index in [1.807, 2.05) is 35.2 Å². The van der Waals surface area contributed by atoms with E-state index in [-0.39, 0.29) is 29.5 Å². The number of amides is 2. The Balaban J connectivity index is 1.23. The van der Waals surface area contributed by atoms with Gasteiger partial charge in [0.1, 0.15) is 17.5 Å². The monoisotopic (exact) mass is 447 g/mol. The van der Waals surface area contributed by atoms with Crippen LogP contribution >= 0.6 is 0 Å². The fraction of sp³-hybridized carbons (Fsp3) is 0.360. The van der Waals surface area contributed by atoms with E-state index < -0.39 is 0 Å². The fourth-order valence-corrected chi connectivity index (χ4v) is 4.76. The summed E-state index contributed by atoms with van der Waals surface area (Å²) in [7, 11) is 0. The minimum Gasteiger partial charge on any atom is -0.352 e. The summed E-state index contributed by atoms with van der Waals surface area (Å²) < 4.78 is 15.5. The molecule has 8 heteroatoms. The van der Waals surface area contributed by atoms with E-state index in [9.17, 15) is 14.0 Å². The van der Waals surface area contributed by atoms with Crippen LogP contribution in [0.25, 0.3) is 0 Å². The predicted molar refractivity (Wildman–Crippen MR) is 120 cm³/mol. The molecule has 0 radical (unpaired) electrons. The number of nitrogens with one attached hydrogen (secondary N) is 1. The van der Waals surface area contributed by atoms with Crippen molar-refractivity contribution in [1.29, 1.82) is 0 Å². The molecule has 1 N–H and O–H groups in total. The third-order valence-electron chi connectivity index (χ3n) is 6.56. The van der Waals surface area contributed by atoms with Gasteiger partial charge < -0.3 is 14.8 Å². The number of aromatic nitrogens is 3. The second-order valence-corrected chi connectivity index (χ2v) is 8.77. The van der Waals surface area contributed by atoms with E-state index in [0.717, 1.165) is 23.6 Å². The molecule has 2 aliphatic heterocycles. The third kappa shape index (κ3) is 4.51. The van der Waals surface area contributed by atoms with Crippen LogP contribution in [0, 0.1) is 11.7 Å². The van der Waals surface area contributed by atoms with Crippen LogP contribution in [-0.2, 0) is 24.3 Å². The van der Waals surface area contributed by atoms with Crippen molar-refractivity contribution in [3.05, 3.63) is 83.2 Å². The van der Waals surface area contributed by atoms with Crippen molar-refractivity contribution >= 4 is 11.8 Å². The number of carbonyl (C=O) groups is 2. The Morgan fingerprint density at radius 3 is 2.70 bits per heavy atom. The molecule has 0 unspecified atom stereocenters. The number of rotatable bonds is 5. The van der Waals surface area contributed by atoms with Gasteiger partial charge in [-0.25, -0.2) is 4.39 Å². The van der Waals surface area contributed by atoms with Gasteiger partial charge in [-0.3, -0.25) is 9.59 Å². The highest BCUT2D eigenvalue weighted by Crippen LogP contribution is 2.30. The Hall–Kier alpha value is -3.55. The summed E-state index contributed by atoms with van der Waals surface area (Å²) >= 11 is 0. The van der Waals surface area contributed by atoms with Crippen LogP contribution in [0.3, 0.4) is 0 Å². The highest BCUT2D eigenvalue weighted by Gasteiger charge is 2.34. The Bertz CT molecular complexity index is 1160. The molecule has 0 aliphatic carbocycles. The summed E-state index contributed by atoms with van der Waals surface area (Å²) in [6.45, 7) is 2.10. The highest BCUT2D eigenvalue weighted by molar-refractivity contribution is 5.94. The summed E-state index contributed by atoms with van der Waals surface area (Å²) in [5.74, 6) is 1.35. The third-order valence-corrected chi connectivity index (χ3v) is 6.56. The van der Waals surface area contributed by atoms with E-state index in [0.29, 0.717) is 44.6 Å². The second-order valence-electron chi connectivity index (χ2n) is 8.77. The van der Waals surface area contributed by atoms with E-state index in [1.165, 1.54) is 12.1 Å². The molecule has 33 heavy (non-hydrogen) atoms. The molecule has 2 amide bonds. The Labute approximate surface area is 191 Å². The summed E-state index contributed by atoms with van der Waals surface area (Å²) in [6.07, 6.45) is 2.22. The molecular weight excluding hydrogens is 421 g/mol. The SMILES string of the molecule is O=C(NCc1cccc(F)c1)[C@H]1CCc2nnc([C@H]3CCN(C(=O)c4ccccc4)C3)n2C1. The lowest BCUT2D eigenvalue weighted by atomic mass is 9.97. The lowest BCUT2D eigenvalue weighted by molar-refractivity contribution is -0.126. The van der Waals surface area contributed by atoms with Gasteiger partial charge in [0.2, 0.25) is 5.91 Å². The number of fused-ring (bicyclic) bond motifs is 1. The maximum atomic E-state index is 13.4. The zero-order valence-electron chi connectivity index (χ0n) is 18.3. The number of carbonyl (C=O) groups excluding carboxylic acids is 2. The van der Waals surface area contributed by atoms with E-state index >= 15 is 0 Å². The van der Waals surface area contributed by atoms with Crippen molar-refractivity contribution in [2.45, 2.75) is 38.3 Å². The van der Waals surface area contributed by atoms with E-state index in [1.54, 1.807) is 12.1 Å². The number of benzene rings is 2. The van der Waals surface area contributed by atoms with Gasteiger partial charge in [-0.2, -0.15) is 0 Å². The van der Waals surface area contributed by atoms with Crippen molar-refractivity contribution in [2.75, 3.05) is 13.1 Å². The lowest BCUT2D eigenvalue weighted by Gasteiger charge is -2.25. The average molecular weight is 448 g/mol. The van der Waals surface area contributed by atoms with E-state index in [4.69, 9.17) is 0 Å². The van der Waals surface area contributed by atoms with Gasteiger partial charge in [-0.05, 0) is 42.7 Å². The molecule has 0 saturated carbocycles. The van der Waals surface area contributed by atoms with Crippen molar-refractivity contribution in [3.63, 3.8) is 0 Å². The molecule has 0 spiro atoms. The number of halogens is 1. The van der Waals surface area contributed by atoms with Crippen LogP contribution in [0.5, 0.6) is 0 Å². The van der Waals surface area contributed by atoms with Gasteiger partial charge in [0, 0.05) is 44.1 Å². The van der Waals surface area contributed by atoms with Crippen LogP contribution in [0.2, 0.25) is 0 Å². The highest BCUT2D eigenvalue weighted by atomic mass is 19.1. The fourth-order valence-electron chi connectivity index (χ4n) is 4.76. The van der Waals surface area contributed by atoms with Gasteiger partial charge in [-0.15, -0.1) is 10.2 Å². The lowest BCUT2D eigenvalue weighted by Crippen LogP contribution is -2.36. The molecule has 2 aromatic carbocycles. The first-order chi connectivity index (χ1) is 16.1. The largest absolute Gasteiger partial charge is 0.352 e. The maximum Gasteiger partial charge on any atom is 0.253 e. The van der Waals surface area contributed by atoms with Crippen molar-refractivity contribution < 1.29 is 14.0 Å². The standard InChI is InChI=1S/C25H26FN5O2/c26-21-8-4-5-17(13-21)14-27-24(32)20-9-10-22-28-29-23(31(22)16-20)19-11-12-30(15-19)25(33)18-6-2-1-3-7-18/h1-8,13,19-20H,9-12,14-16H2,(H,27,32)/t19-,20-/m0/s1. The first-order valence-corrected chi connectivity index (χ1v) is 11.4. The Morgan fingerprint density at radius 2 is 1.88 bits per heavy atom. The van der Waals surface area contributed by atoms with Crippen LogP contribution in [0.1, 0.15) is 46.3 Å². The topological polar surface area (TPSA) is 80.1 Å². The molecule has 170 valence electrons. The molecule has 0 bridgehead atoms. The molecule has 2 aliphatic rings. The minimum absolute atomic E-state index is 0.0334. The van der Waals surface area contributed by atoms with Crippen LogP contribution in [-0.4, -0.2) is 44.6 Å². The summed E-state index contributed by atoms with van der Waals surface area (Å²) in [4.78, 5) is 27.5. The summed E-state index contributed by atoms with van der Waals surface area (Å²) in [6, 6.07) is 15.6. The predicted octanol–water partition coefficient (Wildman–Crippen LogP) is 2.93. The number of nitrogens with zero attached hydrogens (tertiary/aromatic N) is 4. The molecule has 3 heterocycles. The molecule has 3 aromatic rings. The average Bonchev–Trinajstić information content (AvgIpc) is 3.49. The number of aryl methyl sites for hydroxylation is 1. The van der Waals surface area contributed by atoms with Gasteiger partial charge in [0.15, 0.2) is 0 Å². The minimum atomic E-state index is -0.311. The van der Waals surface area contributed by atoms with Crippen LogP contribution < -0.4 is 5.32 Å². The normalized spacial score (nSPS) is 19.8. The van der Waals surface area contributed by atoms with Crippen molar-refractivity contribution in [2.24, 2.45) is 5.92 Å². The Morgan fingerprint density at radius 1 is 1.03 bits per heavy atom. The Kier molecular flexibility index (Phi) is 5.90. The van der Waals surface area contributed by atoms with Crippen LogP contribution in [0.4, 0.5) is 4.39 Å². The summed E-state index contributed by atoms with van der Waals surface area (Å²) in [5.41, 5.74) is 1.43. The molecule has 1 aromatic heterocycles. The zero-order valence-corrected chi connectivity index (χ0v) is 18.3. The first kappa shape index (κ1) is 21.3. The smallest absolute Gasteiger partial charge is 0.253 e. The quantitative estimate of drug-likeness (QED) is 0.652. The van der Waals surface area contributed by atoms with Crippen molar-refractivity contribution in [1.82, 2.24) is 25.0 Å². The maximum absolute atomic E-state index is 13.4. The zero-order chi connectivity index (χ0) is 22.8. The first-order valence-electron chi connectivity index (χ1n) is 11.4. The van der Waals surface area contributed by atoms with Crippen molar-refractivity contribution in [3.8, 4) is 0 Å². The van der Waals surface area contributed by atoms with Crippen LogP contribution in [0.15, 0.2) is 54.6 Å². The number of hydrogen-bond donors (Lipinski definition) is 1. The van der Waals surface area contributed by atoms with Gasteiger partial charge in [0.25, 0.3) is 5.91 Å². The summed E-state index contributed by atoms with van der Waals surface area (Å²) in [5, 5.41) is 11.7. The van der Waals surface area contributed by atoms with E-state index in [2.05, 4.69) is 20.1 Å². The number of likely N-dealkylation sites (tertiary alicyclic amines) is 1. The molecule has 1 saturated heterocycles. The molecule has 1 fully saturated rings. The van der Waals surface area contributed by atoms with Gasteiger partial charge >= 0.3 is 0 Å². The molecule has 5 rings (SSSR count). The number of hydrogen-bond acceptors (Lipinski definition) is 4. The molecule has 7 nitrogen and oxygen atoms in total. The second kappa shape index (κ2) is 9.13. The van der Waals surface area contributed by atoms with Gasteiger partial charge in [0.05, 0.1) is 5.92 Å². The molecular formula is C25H26FN5O2. The van der Waals surface area contributed by atoms with Gasteiger partial charge in [-0.1, -0.05) is 30.3 Å².